The monoisotopic (exact) mass is 263 g/mol. The van der Waals surface area contributed by atoms with Gasteiger partial charge >= 0.3 is 5.97 Å². The van der Waals surface area contributed by atoms with E-state index in [4.69, 9.17) is 9.47 Å². The largest absolute Gasteiger partial charge is 0.744 e. The third-order valence-corrected chi connectivity index (χ3v) is 2.51. The van der Waals surface area contributed by atoms with Crippen molar-refractivity contribution in [3.8, 4) is 11.5 Å². The topological polar surface area (TPSA) is 129 Å². The second-order valence-electron chi connectivity index (χ2n) is 2.86. The molecule has 0 heterocycles. The molecule has 1 aromatic rings. The predicted molar refractivity (Wildman–Crippen MR) is 58.3 cm³/mol. The van der Waals surface area contributed by atoms with E-state index in [0.29, 0.717) is 0 Å². The minimum Gasteiger partial charge on any atom is -0.744 e. The van der Waals surface area contributed by atoms with Crippen LogP contribution in [0, 0.1) is 0 Å². The average molecular weight is 263 g/mol. The van der Waals surface area contributed by atoms with Gasteiger partial charge in [0.25, 0.3) is 0 Å². The zero-order valence-corrected chi connectivity index (χ0v) is 10.4. The quantitative estimate of drug-likeness (QED) is 0.490. The van der Waals surface area contributed by atoms with Gasteiger partial charge in [-0.2, -0.15) is 0 Å². The second kappa shape index (κ2) is 5.62. The average Bonchev–Trinajstić information content (AvgIpc) is 2.15. The maximum Gasteiger partial charge on any atom is 0.308 e. The number of quaternary nitrogens is 1. The Balaban J connectivity index is 0.00000256. The van der Waals surface area contributed by atoms with E-state index in [9.17, 15) is 17.8 Å². The Morgan fingerprint density at radius 1 is 1.29 bits per heavy atom. The summed E-state index contributed by atoms with van der Waals surface area (Å²) in [6, 6.07) is 3.26. The first-order valence-corrected chi connectivity index (χ1v) is 5.58. The molecule has 8 heteroatoms. The molecule has 0 aliphatic rings. The summed E-state index contributed by atoms with van der Waals surface area (Å²) in [4.78, 5) is 10.3. The fraction of sp³-hybridized carbons (Fsp3) is 0.222. The molecule has 4 N–H and O–H groups in total. The minimum atomic E-state index is -4.58. The predicted octanol–water partition coefficient (Wildman–Crippen LogP) is 0.901. The molecule has 0 saturated heterocycles. The van der Waals surface area contributed by atoms with Crippen molar-refractivity contribution in [2.75, 3.05) is 7.11 Å². The Labute approximate surface area is 98.7 Å². The van der Waals surface area contributed by atoms with Crippen molar-refractivity contribution in [2.24, 2.45) is 0 Å². The van der Waals surface area contributed by atoms with Crippen molar-refractivity contribution >= 4 is 16.1 Å². The van der Waals surface area contributed by atoms with E-state index in [-0.39, 0.29) is 17.6 Å². The first kappa shape index (κ1) is 15.4. The van der Waals surface area contributed by atoms with E-state index >= 15 is 0 Å². The molecule has 0 fully saturated rings. The fourth-order valence-electron chi connectivity index (χ4n) is 1.05. The maximum atomic E-state index is 10.7. The van der Waals surface area contributed by atoms with Crippen LogP contribution in [0.3, 0.4) is 0 Å². The lowest BCUT2D eigenvalue weighted by atomic mass is 10.3. The number of carbonyl (C=O) groups is 1. The lowest BCUT2D eigenvalue weighted by Crippen LogP contribution is -2.05. The normalized spacial score (nSPS) is 10.3. The second-order valence-corrected chi connectivity index (χ2v) is 4.24. The molecule has 0 amide bonds. The number of methoxy groups -OCH3 is 1. The van der Waals surface area contributed by atoms with Crippen molar-refractivity contribution in [2.45, 2.75) is 11.8 Å². The number of carbonyl (C=O) groups excluding carboxylic acids is 1. The Hall–Kier alpha value is -1.64. The molecule has 0 unspecified atom stereocenters. The van der Waals surface area contributed by atoms with E-state index in [2.05, 4.69) is 0 Å². The van der Waals surface area contributed by atoms with Crippen LogP contribution in [0.2, 0.25) is 0 Å². The van der Waals surface area contributed by atoms with Gasteiger partial charge in [0.05, 0.1) is 12.0 Å². The first-order chi connectivity index (χ1) is 7.34. The van der Waals surface area contributed by atoms with Gasteiger partial charge in [-0.1, -0.05) is 0 Å². The zero-order chi connectivity index (χ0) is 12.3. The molecule has 0 aliphatic heterocycles. The smallest absolute Gasteiger partial charge is 0.308 e. The molecular weight excluding hydrogens is 250 g/mol. The van der Waals surface area contributed by atoms with Crippen LogP contribution in [0.25, 0.3) is 0 Å². The maximum absolute atomic E-state index is 10.7. The van der Waals surface area contributed by atoms with E-state index in [1.165, 1.54) is 13.2 Å². The zero-order valence-electron chi connectivity index (χ0n) is 9.59. The van der Waals surface area contributed by atoms with Crippen molar-refractivity contribution in [1.29, 1.82) is 0 Å². The molecular formula is C9H13NO6S. The van der Waals surface area contributed by atoms with Gasteiger partial charge in [0, 0.05) is 13.0 Å². The summed E-state index contributed by atoms with van der Waals surface area (Å²) in [6.45, 7) is 1.15. The van der Waals surface area contributed by atoms with Crippen LogP contribution >= 0.6 is 0 Å². The van der Waals surface area contributed by atoms with Gasteiger partial charge in [-0.05, 0) is 12.1 Å². The molecule has 0 aromatic heterocycles. The number of benzene rings is 1. The third kappa shape index (κ3) is 4.02. The molecule has 7 nitrogen and oxygen atoms in total. The molecule has 0 aliphatic carbocycles. The highest BCUT2D eigenvalue weighted by molar-refractivity contribution is 7.85. The van der Waals surface area contributed by atoms with Gasteiger partial charge in [-0.3, -0.25) is 4.79 Å². The van der Waals surface area contributed by atoms with Gasteiger partial charge in [-0.15, -0.1) is 0 Å². The van der Waals surface area contributed by atoms with Crippen LogP contribution < -0.4 is 15.6 Å². The number of ether oxygens (including phenoxy) is 2. The molecule has 0 radical (unpaired) electrons. The number of hydrogen-bond donors (Lipinski definition) is 1. The van der Waals surface area contributed by atoms with E-state index in [0.717, 1.165) is 19.1 Å². The third-order valence-electron chi connectivity index (χ3n) is 1.68. The minimum absolute atomic E-state index is 0. The van der Waals surface area contributed by atoms with Gasteiger partial charge in [0.1, 0.15) is 10.1 Å². The van der Waals surface area contributed by atoms with E-state index < -0.39 is 21.0 Å². The Bertz CT molecular complexity index is 510. The summed E-state index contributed by atoms with van der Waals surface area (Å²) in [7, 11) is -3.26. The first-order valence-electron chi connectivity index (χ1n) is 4.17. The molecule has 0 bridgehead atoms. The van der Waals surface area contributed by atoms with Gasteiger partial charge in [-0.25, -0.2) is 8.42 Å². The lowest BCUT2D eigenvalue weighted by Gasteiger charge is -2.11. The Kier molecular flexibility index (Phi) is 5.08. The summed E-state index contributed by atoms with van der Waals surface area (Å²) in [5.74, 6) is -0.576. The SMILES string of the molecule is COc1ccc(S(=O)(=O)[O-])cc1OC(C)=O.[NH4+]. The molecule has 0 atom stereocenters. The van der Waals surface area contributed by atoms with Crippen LogP contribution in [0.1, 0.15) is 6.92 Å². The van der Waals surface area contributed by atoms with Crippen LogP contribution in [0.5, 0.6) is 11.5 Å². The van der Waals surface area contributed by atoms with Crippen LogP contribution in [-0.2, 0) is 14.9 Å². The summed E-state index contributed by atoms with van der Waals surface area (Å²) >= 11 is 0. The van der Waals surface area contributed by atoms with Crippen LogP contribution in [0.15, 0.2) is 23.1 Å². The molecule has 1 aromatic carbocycles. The highest BCUT2D eigenvalue weighted by atomic mass is 32.2. The van der Waals surface area contributed by atoms with Gasteiger partial charge < -0.3 is 20.2 Å². The standard InChI is InChI=1S/C9H10O6S.H3N/c1-6(10)15-9-5-7(16(11,12)13)3-4-8(9)14-2;/h3-5H,1-2H3,(H,11,12,13);1H3. The van der Waals surface area contributed by atoms with Crippen LogP contribution in [-0.4, -0.2) is 26.0 Å². The van der Waals surface area contributed by atoms with Crippen LogP contribution in [0.4, 0.5) is 0 Å². The molecule has 17 heavy (non-hydrogen) atoms. The summed E-state index contributed by atoms with van der Waals surface area (Å²) < 4.78 is 41.7. The summed E-state index contributed by atoms with van der Waals surface area (Å²) in [5, 5.41) is 0. The molecule has 0 saturated carbocycles. The lowest BCUT2D eigenvalue weighted by molar-refractivity contribution is -0.132. The Morgan fingerprint density at radius 3 is 2.29 bits per heavy atom. The highest BCUT2D eigenvalue weighted by Crippen LogP contribution is 2.29. The van der Waals surface area contributed by atoms with Gasteiger partial charge in [0.2, 0.25) is 0 Å². The molecule has 0 spiro atoms. The summed E-state index contributed by atoms with van der Waals surface area (Å²) in [6.07, 6.45) is 0. The summed E-state index contributed by atoms with van der Waals surface area (Å²) in [5.41, 5.74) is 0. The molecule has 1 rings (SSSR count). The number of rotatable bonds is 3. The number of hydrogen-bond acceptors (Lipinski definition) is 6. The van der Waals surface area contributed by atoms with Gasteiger partial charge in [0.15, 0.2) is 11.5 Å². The van der Waals surface area contributed by atoms with Crippen molar-refractivity contribution < 1.29 is 27.2 Å². The van der Waals surface area contributed by atoms with Crippen molar-refractivity contribution in [3.63, 3.8) is 0 Å². The molecule has 96 valence electrons. The van der Waals surface area contributed by atoms with E-state index in [1.807, 2.05) is 0 Å². The van der Waals surface area contributed by atoms with E-state index in [1.54, 1.807) is 0 Å². The fourth-order valence-corrected chi connectivity index (χ4v) is 1.53. The highest BCUT2D eigenvalue weighted by Gasteiger charge is 2.11. The number of esters is 1. The van der Waals surface area contributed by atoms with Crippen molar-refractivity contribution in [1.82, 2.24) is 6.15 Å². The van der Waals surface area contributed by atoms with Crippen molar-refractivity contribution in [3.05, 3.63) is 18.2 Å². The Morgan fingerprint density at radius 2 is 1.88 bits per heavy atom.